The molecule has 3 rings (SSSR count). The van der Waals surface area contributed by atoms with E-state index in [9.17, 15) is 10.1 Å². The fourth-order valence-electron chi connectivity index (χ4n) is 2.13. The van der Waals surface area contributed by atoms with Gasteiger partial charge in [-0.2, -0.15) is 5.26 Å². The normalized spacial score (nSPS) is 13.8. The van der Waals surface area contributed by atoms with Crippen molar-refractivity contribution in [1.82, 2.24) is 0 Å². The smallest absolute Gasteiger partial charge is 0.231 e. The molecule has 2 heterocycles. The van der Waals surface area contributed by atoms with Crippen molar-refractivity contribution < 1.29 is 18.7 Å². The summed E-state index contributed by atoms with van der Waals surface area (Å²) in [5, 5.41) is 9.30. The number of hydrogen-bond acceptors (Lipinski definition) is 5. The number of aryl methyl sites for hydroxylation is 1. The molecule has 100 valence electrons. The molecule has 1 aromatic heterocycles. The molecule has 0 saturated heterocycles. The second-order valence-corrected chi connectivity index (χ2v) is 4.47. The van der Waals surface area contributed by atoms with Crippen molar-refractivity contribution >= 4 is 5.78 Å². The summed E-state index contributed by atoms with van der Waals surface area (Å²) in [6, 6.07) is 8.76. The lowest BCUT2D eigenvalue weighted by molar-refractivity contribution is 0.0951. The van der Waals surface area contributed by atoms with Gasteiger partial charge in [-0.05, 0) is 36.2 Å². The molecular formula is C15H11NO4. The SMILES string of the molecule is Cc1ccoc1C(=O)C(C#N)c1ccc2c(c1)OCO2. The maximum Gasteiger partial charge on any atom is 0.231 e. The minimum Gasteiger partial charge on any atom is -0.461 e. The molecule has 1 aliphatic heterocycles. The van der Waals surface area contributed by atoms with Crippen LogP contribution in [0, 0.1) is 18.3 Å². The van der Waals surface area contributed by atoms with Crippen LogP contribution in [0.15, 0.2) is 34.9 Å². The Morgan fingerprint density at radius 2 is 2.10 bits per heavy atom. The van der Waals surface area contributed by atoms with Crippen LogP contribution >= 0.6 is 0 Å². The van der Waals surface area contributed by atoms with Crippen molar-refractivity contribution in [3.8, 4) is 17.6 Å². The van der Waals surface area contributed by atoms with Crippen molar-refractivity contribution in [1.29, 1.82) is 5.26 Å². The molecule has 20 heavy (non-hydrogen) atoms. The minimum atomic E-state index is -0.922. The number of Topliss-reactive ketones (excluding diaryl/α,β-unsaturated/α-hetero) is 1. The van der Waals surface area contributed by atoms with E-state index in [1.807, 2.05) is 6.07 Å². The first-order valence-electron chi connectivity index (χ1n) is 6.08. The van der Waals surface area contributed by atoms with E-state index < -0.39 is 5.92 Å². The van der Waals surface area contributed by atoms with E-state index in [0.717, 1.165) is 5.56 Å². The van der Waals surface area contributed by atoms with Gasteiger partial charge in [-0.25, -0.2) is 0 Å². The second kappa shape index (κ2) is 4.74. The minimum absolute atomic E-state index is 0.154. The molecule has 0 saturated carbocycles. The number of carbonyl (C=O) groups is 1. The van der Waals surface area contributed by atoms with Crippen molar-refractivity contribution in [2.45, 2.75) is 12.8 Å². The number of benzene rings is 1. The average Bonchev–Trinajstić information content (AvgIpc) is 3.07. The Bertz CT molecular complexity index is 711. The molecule has 5 nitrogen and oxygen atoms in total. The number of nitrogens with zero attached hydrogens (tertiary/aromatic N) is 1. The van der Waals surface area contributed by atoms with Crippen LogP contribution in [0.5, 0.6) is 11.5 Å². The highest BCUT2D eigenvalue weighted by molar-refractivity contribution is 6.01. The summed E-state index contributed by atoms with van der Waals surface area (Å²) in [4.78, 5) is 12.4. The molecule has 0 spiro atoms. The van der Waals surface area contributed by atoms with E-state index >= 15 is 0 Å². The summed E-state index contributed by atoms with van der Waals surface area (Å²) in [7, 11) is 0. The van der Waals surface area contributed by atoms with E-state index in [4.69, 9.17) is 13.9 Å². The lowest BCUT2D eigenvalue weighted by Gasteiger charge is -2.08. The summed E-state index contributed by atoms with van der Waals surface area (Å²) >= 11 is 0. The van der Waals surface area contributed by atoms with Gasteiger partial charge < -0.3 is 13.9 Å². The average molecular weight is 269 g/mol. The predicted molar refractivity (Wildman–Crippen MR) is 68.7 cm³/mol. The number of rotatable bonds is 3. The van der Waals surface area contributed by atoms with E-state index in [1.54, 1.807) is 31.2 Å². The van der Waals surface area contributed by atoms with E-state index in [-0.39, 0.29) is 18.3 Å². The monoisotopic (exact) mass is 269 g/mol. The molecule has 0 aliphatic carbocycles. The van der Waals surface area contributed by atoms with Gasteiger partial charge in [0.1, 0.15) is 5.92 Å². The van der Waals surface area contributed by atoms with Gasteiger partial charge in [0.15, 0.2) is 17.3 Å². The van der Waals surface area contributed by atoms with Crippen molar-refractivity contribution in [3.05, 3.63) is 47.4 Å². The Morgan fingerprint density at radius 3 is 2.80 bits per heavy atom. The summed E-state index contributed by atoms with van der Waals surface area (Å²) in [5.74, 6) is 0.108. The fourth-order valence-corrected chi connectivity index (χ4v) is 2.13. The van der Waals surface area contributed by atoms with Crippen LogP contribution < -0.4 is 9.47 Å². The number of fused-ring (bicyclic) bond motifs is 1. The molecule has 0 fully saturated rings. The molecule has 0 bridgehead atoms. The van der Waals surface area contributed by atoms with Crippen LogP contribution in [0.25, 0.3) is 0 Å². The maximum atomic E-state index is 12.4. The number of nitriles is 1. The van der Waals surface area contributed by atoms with Crippen LogP contribution in [0.3, 0.4) is 0 Å². The Morgan fingerprint density at radius 1 is 1.30 bits per heavy atom. The summed E-state index contributed by atoms with van der Waals surface area (Å²) in [5.41, 5.74) is 1.29. The standard InChI is InChI=1S/C15H11NO4/c1-9-4-5-18-15(9)14(17)11(7-16)10-2-3-12-13(6-10)20-8-19-12/h2-6,11H,8H2,1H3. The zero-order chi connectivity index (χ0) is 14.1. The Balaban J connectivity index is 1.97. The number of carbonyl (C=O) groups excluding carboxylic acids is 1. The largest absolute Gasteiger partial charge is 0.461 e. The van der Waals surface area contributed by atoms with Crippen LogP contribution in [0.4, 0.5) is 0 Å². The third-order valence-corrected chi connectivity index (χ3v) is 3.21. The predicted octanol–water partition coefficient (Wildman–Crippen LogP) is 2.81. The third kappa shape index (κ3) is 1.91. The number of ketones is 1. The zero-order valence-electron chi connectivity index (χ0n) is 10.8. The zero-order valence-corrected chi connectivity index (χ0v) is 10.8. The molecule has 2 aromatic rings. The van der Waals surface area contributed by atoms with Crippen molar-refractivity contribution in [2.75, 3.05) is 6.79 Å². The molecule has 1 aliphatic rings. The Kier molecular flexibility index (Phi) is 2.92. The molecule has 1 unspecified atom stereocenters. The highest BCUT2D eigenvalue weighted by Crippen LogP contribution is 2.35. The first-order valence-corrected chi connectivity index (χ1v) is 6.08. The molecule has 0 radical (unpaired) electrons. The molecular weight excluding hydrogens is 258 g/mol. The molecule has 1 atom stereocenters. The van der Waals surface area contributed by atoms with Crippen LogP contribution in [-0.4, -0.2) is 12.6 Å². The van der Waals surface area contributed by atoms with Gasteiger partial charge in [-0.3, -0.25) is 4.79 Å². The number of furan rings is 1. The number of ether oxygens (including phenoxy) is 2. The first-order chi connectivity index (χ1) is 9.70. The highest BCUT2D eigenvalue weighted by Gasteiger charge is 2.27. The van der Waals surface area contributed by atoms with Crippen molar-refractivity contribution in [3.63, 3.8) is 0 Å². The molecule has 1 aromatic carbocycles. The van der Waals surface area contributed by atoms with Crippen LogP contribution in [0.1, 0.15) is 27.6 Å². The Labute approximate surface area is 115 Å². The summed E-state index contributed by atoms with van der Waals surface area (Å²) < 4.78 is 15.6. The lowest BCUT2D eigenvalue weighted by atomic mass is 9.93. The quantitative estimate of drug-likeness (QED) is 0.801. The van der Waals surface area contributed by atoms with Gasteiger partial charge in [0, 0.05) is 0 Å². The lowest BCUT2D eigenvalue weighted by Crippen LogP contribution is -2.11. The fraction of sp³-hybridized carbons (Fsp3) is 0.200. The van der Waals surface area contributed by atoms with Gasteiger partial charge in [-0.15, -0.1) is 0 Å². The second-order valence-electron chi connectivity index (χ2n) is 4.47. The molecule has 0 N–H and O–H groups in total. The number of hydrogen-bond donors (Lipinski definition) is 0. The van der Waals surface area contributed by atoms with Gasteiger partial charge in [0.2, 0.25) is 12.6 Å². The Hall–Kier alpha value is -2.74. The van der Waals surface area contributed by atoms with Gasteiger partial charge in [-0.1, -0.05) is 6.07 Å². The summed E-state index contributed by atoms with van der Waals surface area (Å²) in [6.45, 7) is 1.92. The van der Waals surface area contributed by atoms with Gasteiger partial charge in [0.25, 0.3) is 0 Å². The van der Waals surface area contributed by atoms with E-state index in [0.29, 0.717) is 17.1 Å². The topological polar surface area (TPSA) is 72.5 Å². The maximum absolute atomic E-state index is 12.4. The van der Waals surface area contributed by atoms with Gasteiger partial charge >= 0.3 is 0 Å². The van der Waals surface area contributed by atoms with E-state index in [2.05, 4.69) is 0 Å². The highest BCUT2D eigenvalue weighted by atomic mass is 16.7. The third-order valence-electron chi connectivity index (χ3n) is 3.21. The van der Waals surface area contributed by atoms with Gasteiger partial charge in [0.05, 0.1) is 12.3 Å². The van der Waals surface area contributed by atoms with Crippen molar-refractivity contribution in [2.24, 2.45) is 0 Å². The van der Waals surface area contributed by atoms with Crippen LogP contribution in [0.2, 0.25) is 0 Å². The summed E-state index contributed by atoms with van der Waals surface area (Å²) in [6.07, 6.45) is 1.44. The van der Waals surface area contributed by atoms with Crippen LogP contribution in [-0.2, 0) is 0 Å². The van der Waals surface area contributed by atoms with E-state index in [1.165, 1.54) is 6.26 Å². The molecule has 0 amide bonds. The molecule has 5 heteroatoms. The first kappa shape index (κ1) is 12.3.